The van der Waals surface area contributed by atoms with Gasteiger partial charge in [0.05, 0.1) is 39.6 Å². The van der Waals surface area contributed by atoms with Gasteiger partial charge < -0.3 is 13.9 Å². The Morgan fingerprint density at radius 3 is 1.57 bits per heavy atom. The molecule has 0 aliphatic carbocycles. The molecule has 4 atom stereocenters. The Morgan fingerprint density at radius 2 is 1.08 bits per heavy atom. The summed E-state index contributed by atoms with van der Waals surface area (Å²) < 4.78 is 72.7. The van der Waals surface area contributed by atoms with Crippen LogP contribution in [0.15, 0.2) is 55.4 Å². The van der Waals surface area contributed by atoms with Crippen LogP contribution in [0.4, 0.5) is 0 Å². The van der Waals surface area contributed by atoms with Gasteiger partial charge in [0, 0.05) is 43.0 Å². The van der Waals surface area contributed by atoms with Gasteiger partial charge >= 0.3 is 5.63 Å². The zero-order valence-electron chi connectivity index (χ0n) is 21.1. The minimum Gasteiger partial charge on any atom is -0.422 e. The van der Waals surface area contributed by atoms with Gasteiger partial charge in [0.15, 0.2) is 0 Å². The summed E-state index contributed by atoms with van der Waals surface area (Å²) in [5.74, 6) is 0. The van der Waals surface area contributed by atoms with Crippen molar-refractivity contribution in [2.24, 2.45) is 0 Å². The molecule has 200 valence electrons. The van der Waals surface area contributed by atoms with Crippen molar-refractivity contribution in [2.45, 2.75) is 61.9 Å². The van der Waals surface area contributed by atoms with E-state index < -0.39 is 25.7 Å². The van der Waals surface area contributed by atoms with Gasteiger partial charge in [0.2, 0.25) is 20.0 Å². The van der Waals surface area contributed by atoms with Crippen LogP contribution in [0.5, 0.6) is 0 Å². The Morgan fingerprint density at radius 1 is 0.649 bits per heavy atom. The molecule has 1 aromatic heterocycles. The van der Waals surface area contributed by atoms with Crippen LogP contribution in [0, 0.1) is 0 Å². The monoisotopic (exact) mass is 550 g/mol. The molecular formula is C25H30N2O8S2. The number of nitrogens with zero attached hydrogens (tertiary/aromatic N) is 2. The first-order chi connectivity index (χ1) is 17.4. The quantitative estimate of drug-likeness (QED) is 0.359. The molecule has 0 amide bonds. The van der Waals surface area contributed by atoms with Crippen LogP contribution in [0.2, 0.25) is 0 Å². The second-order valence-corrected chi connectivity index (χ2v) is 13.8. The molecule has 2 saturated heterocycles. The molecule has 3 aromatic rings. The lowest BCUT2D eigenvalue weighted by molar-refractivity contribution is -0.0442. The van der Waals surface area contributed by atoms with E-state index in [-0.39, 0.29) is 71.4 Å². The van der Waals surface area contributed by atoms with Gasteiger partial charge in [-0.1, -0.05) is 6.07 Å². The molecule has 12 heteroatoms. The van der Waals surface area contributed by atoms with Crippen molar-refractivity contribution in [3.63, 3.8) is 0 Å². The van der Waals surface area contributed by atoms with Crippen molar-refractivity contribution in [2.75, 3.05) is 26.2 Å². The summed E-state index contributed by atoms with van der Waals surface area (Å²) in [5.41, 5.74) is -0.634. The van der Waals surface area contributed by atoms with Crippen molar-refractivity contribution < 1.29 is 30.7 Å². The smallest absolute Gasteiger partial charge is 0.344 e. The highest BCUT2D eigenvalue weighted by molar-refractivity contribution is 7.89. The van der Waals surface area contributed by atoms with Gasteiger partial charge in [-0.15, -0.1) is 0 Å². The van der Waals surface area contributed by atoms with Crippen LogP contribution in [0.1, 0.15) is 27.7 Å². The van der Waals surface area contributed by atoms with Crippen LogP contribution in [-0.4, -0.2) is 76.0 Å². The van der Waals surface area contributed by atoms with E-state index in [4.69, 9.17) is 13.9 Å². The molecular weight excluding hydrogens is 520 g/mol. The van der Waals surface area contributed by atoms with E-state index in [1.807, 2.05) is 27.7 Å². The first-order valence-electron chi connectivity index (χ1n) is 12.2. The van der Waals surface area contributed by atoms with Gasteiger partial charge in [0.1, 0.15) is 5.58 Å². The summed E-state index contributed by atoms with van der Waals surface area (Å²) in [5, 5.41) is 1.09. The molecule has 0 spiro atoms. The van der Waals surface area contributed by atoms with Gasteiger partial charge in [0.25, 0.3) is 0 Å². The third-order valence-electron chi connectivity index (χ3n) is 6.70. The molecule has 3 heterocycles. The van der Waals surface area contributed by atoms with E-state index >= 15 is 0 Å². The molecule has 2 fully saturated rings. The Hall–Kier alpha value is -2.35. The zero-order valence-corrected chi connectivity index (χ0v) is 22.7. The lowest BCUT2D eigenvalue weighted by Gasteiger charge is -2.34. The van der Waals surface area contributed by atoms with Crippen molar-refractivity contribution >= 4 is 41.8 Å². The SMILES string of the molecule is C[C@@H]1CN(S(=O)(=O)c2ccc3c(c2)oc(=O)c2cc(S(=O)(=O)N4C[C@H](C)O[C@@H](C)C4)ccc23)C[C@H](C)O1. The average Bonchev–Trinajstić information content (AvgIpc) is 2.82. The third-order valence-corrected chi connectivity index (χ3v) is 10.4. The van der Waals surface area contributed by atoms with Gasteiger partial charge in [-0.05, 0) is 52.0 Å². The van der Waals surface area contributed by atoms with E-state index in [1.165, 1.54) is 32.9 Å². The Bertz CT molecular complexity index is 1610. The van der Waals surface area contributed by atoms with Crippen molar-refractivity contribution in [3.05, 3.63) is 46.8 Å². The highest BCUT2D eigenvalue weighted by atomic mass is 32.2. The summed E-state index contributed by atoms with van der Waals surface area (Å²) in [6.07, 6.45) is -0.977. The first-order valence-corrected chi connectivity index (χ1v) is 15.1. The lowest BCUT2D eigenvalue weighted by Crippen LogP contribution is -2.48. The fourth-order valence-electron chi connectivity index (χ4n) is 5.16. The van der Waals surface area contributed by atoms with Crippen LogP contribution in [0.3, 0.4) is 0 Å². The topological polar surface area (TPSA) is 123 Å². The standard InChI is InChI=1S/C25H30N2O8S2/c1-15-11-26(12-16(2)33-15)36(29,30)19-5-7-21-22-8-6-20(10-24(22)35-25(28)23(21)9-19)37(31,32)27-13-17(3)34-18(4)14-27/h5-10,15-18H,11-14H2,1-4H3/t15-,16-,17-,18+/m0/s1. The minimum atomic E-state index is -3.86. The summed E-state index contributed by atoms with van der Waals surface area (Å²) in [6.45, 7) is 8.15. The Kier molecular flexibility index (Phi) is 6.70. The van der Waals surface area contributed by atoms with Crippen molar-refractivity contribution in [3.8, 4) is 0 Å². The first kappa shape index (κ1) is 26.3. The summed E-state index contributed by atoms with van der Waals surface area (Å²) in [6, 6.07) is 8.75. The Balaban J connectivity index is 1.55. The summed E-state index contributed by atoms with van der Waals surface area (Å²) in [7, 11) is -7.70. The molecule has 0 saturated carbocycles. The molecule has 0 unspecified atom stereocenters. The molecule has 37 heavy (non-hydrogen) atoms. The molecule has 2 aliphatic rings. The second-order valence-electron chi connectivity index (χ2n) is 9.91. The molecule has 10 nitrogen and oxygen atoms in total. The maximum atomic E-state index is 13.3. The molecule has 2 aliphatic heterocycles. The number of morpholine rings is 2. The molecule has 2 aromatic carbocycles. The number of benzene rings is 2. The van der Waals surface area contributed by atoms with Gasteiger partial charge in [-0.3, -0.25) is 0 Å². The third kappa shape index (κ3) is 4.82. The predicted octanol–water partition coefficient (Wildman–Crippen LogP) is 2.54. The molecule has 0 N–H and O–H groups in total. The maximum Gasteiger partial charge on any atom is 0.344 e. The van der Waals surface area contributed by atoms with Gasteiger partial charge in [-0.2, -0.15) is 8.61 Å². The van der Waals surface area contributed by atoms with E-state index in [0.29, 0.717) is 10.8 Å². The zero-order chi connectivity index (χ0) is 26.7. The van der Waals surface area contributed by atoms with Crippen LogP contribution < -0.4 is 5.63 Å². The van der Waals surface area contributed by atoms with E-state index in [0.717, 1.165) is 0 Å². The van der Waals surface area contributed by atoms with Crippen LogP contribution >= 0.6 is 0 Å². The number of hydrogen-bond acceptors (Lipinski definition) is 8. The normalized spacial score (nSPS) is 26.6. The highest BCUT2D eigenvalue weighted by Crippen LogP contribution is 2.30. The molecule has 0 radical (unpaired) electrons. The lowest BCUT2D eigenvalue weighted by atomic mass is 10.1. The second kappa shape index (κ2) is 9.44. The summed E-state index contributed by atoms with van der Waals surface area (Å²) >= 11 is 0. The number of fused-ring (bicyclic) bond motifs is 3. The van der Waals surface area contributed by atoms with Crippen molar-refractivity contribution in [1.82, 2.24) is 8.61 Å². The van der Waals surface area contributed by atoms with Crippen LogP contribution in [-0.2, 0) is 29.5 Å². The predicted molar refractivity (Wildman–Crippen MR) is 138 cm³/mol. The van der Waals surface area contributed by atoms with E-state index in [1.54, 1.807) is 12.1 Å². The van der Waals surface area contributed by atoms with E-state index in [2.05, 4.69) is 0 Å². The fourth-order valence-corrected chi connectivity index (χ4v) is 8.39. The van der Waals surface area contributed by atoms with Crippen LogP contribution in [0.25, 0.3) is 21.7 Å². The summed E-state index contributed by atoms with van der Waals surface area (Å²) in [4.78, 5) is 12.9. The van der Waals surface area contributed by atoms with E-state index in [9.17, 15) is 21.6 Å². The number of hydrogen-bond donors (Lipinski definition) is 0. The fraction of sp³-hybridized carbons (Fsp3) is 0.480. The van der Waals surface area contributed by atoms with Crippen molar-refractivity contribution in [1.29, 1.82) is 0 Å². The minimum absolute atomic E-state index is 0.0114. The largest absolute Gasteiger partial charge is 0.422 e. The maximum absolute atomic E-state index is 13.3. The van der Waals surface area contributed by atoms with Gasteiger partial charge in [-0.25, -0.2) is 21.6 Å². The molecule has 5 rings (SSSR count). The number of ether oxygens (including phenoxy) is 2. The number of rotatable bonds is 4. The molecule has 0 bridgehead atoms. The number of sulfonamides is 2. The average molecular weight is 551 g/mol. The highest BCUT2D eigenvalue weighted by Gasteiger charge is 2.34. The Labute approximate surface area is 215 Å².